The van der Waals surface area contributed by atoms with E-state index < -0.39 is 0 Å². The number of anilines is 2. The Bertz CT molecular complexity index is 505. The Morgan fingerprint density at radius 3 is 2.32 bits per heavy atom. The molecule has 2 amide bonds. The van der Waals surface area contributed by atoms with Gasteiger partial charge in [-0.25, -0.2) is 0 Å². The topological polar surface area (TPSA) is 61.4 Å². The molecule has 0 saturated carbocycles. The summed E-state index contributed by atoms with van der Waals surface area (Å²) in [5.41, 5.74) is 1.95. The van der Waals surface area contributed by atoms with Crippen LogP contribution in [0.1, 0.15) is 33.1 Å². The summed E-state index contributed by atoms with van der Waals surface area (Å²) in [5.74, 6) is -0.438. The fourth-order valence-corrected chi connectivity index (χ4v) is 2.48. The fourth-order valence-electron chi connectivity index (χ4n) is 2.48. The lowest BCUT2D eigenvalue weighted by Gasteiger charge is -2.28. The van der Waals surface area contributed by atoms with Gasteiger partial charge in [-0.3, -0.25) is 9.59 Å². The highest BCUT2D eigenvalue weighted by atomic mass is 16.2. The lowest BCUT2D eigenvalue weighted by atomic mass is 10.1. The number of carbonyl (C=O) groups is 2. The molecule has 0 aliphatic carbocycles. The molecule has 1 saturated heterocycles. The maximum Gasteiger partial charge on any atom is 0.243 e. The van der Waals surface area contributed by atoms with Crippen molar-refractivity contribution in [2.45, 2.75) is 33.1 Å². The summed E-state index contributed by atoms with van der Waals surface area (Å²) < 4.78 is 0. The number of hydrogen-bond acceptors (Lipinski definition) is 3. The van der Waals surface area contributed by atoms with Crippen LogP contribution < -0.4 is 15.5 Å². The Hall–Kier alpha value is -2.04. The van der Waals surface area contributed by atoms with E-state index in [1.165, 1.54) is 24.9 Å². The van der Waals surface area contributed by atoms with E-state index in [9.17, 15) is 9.59 Å². The molecule has 22 heavy (non-hydrogen) atoms. The number of hydrogen-bond donors (Lipinski definition) is 2. The van der Waals surface area contributed by atoms with Gasteiger partial charge in [0.05, 0.1) is 6.54 Å². The standard InChI is InChI=1S/C17H25N3O2/c1-13(2)17(22)18-12-16(21)19-14-6-8-15(9-7-14)20-10-4-3-5-11-20/h6-9,13H,3-5,10-12H2,1-2H3,(H,18,22)(H,19,21). The van der Waals surface area contributed by atoms with Crippen LogP contribution in [0.4, 0.5) is 11.4 Å². The molecule has 1 aromatic carbocycles. The molecule has 0 spiro atoms. The number of rotatable bonds is 5. The Kier molecular flexibility index (Phi) is 5.81. The number of nitrogens with zero attached hydrogens (tertiary/aromatic N) is 1. The van der Waals surface area contributed by atoms with Crippen molar-refractivity contribution in [1.29, 1.82) is 0 Å². The molecule has 5 heteroatoms. The third-order valence-corrected chi connectivity index (χ3v) is 3.82. The zero-order valence-corrected chi connectivity index (χ0v) is 13.4. The summed E-state index contributed by atoms with van der Waals surface area (Å²) in [6, 6.07) is 7.89. The second-order valence-electron chi connectivity index (χ2n) is 6.02. The largest absolute Gasteiger partial charge is 0.372 e. The molecule has 0 unspecified atom stereocenters. The second-order valence-corrected chi connectivity index (χ2v) is 6.02. The van der Waals surface area contributed by atoms with Gasteiger partial charge in [0.1, 0.15) is 0 Å². The number of benzene rings is 1. The molecule has 0 bridgehead atoms. The minimum Gasteiger partial charge on any atom is -0.372 e. The molecule has 2 rings (SSSR count). The van der Waals surface area contributed by atoms with Crippen molar-refractivity contribution in [2.75, 3.05) is 29.9 Å². The van der Waals surface area contributed by atoms with E-state index in [1.54, 1.807) is 13.8 Å². The van der Waals surface area contributed by atoms with Crippen LogP contribution in [-0.4, -0.2) is 31.4 Å². The quantitative estimate of drug-likeness (QED) is 0.878. The lowest BCUT2D eigenvalue weighted by Crippen LogP contribution is -2.35. The average molecular weight is 303 g/mol. The van der Waals surface area contributed by atoms with Crippen LogP contribution in [0.3, 0.4) is 0 Å². The Morgan fingerprint density at radius 1 is 1.09 bits per heavy atom. The molecule has 1 fully saturated rings. The molecule has 1 aliphatic heterocycles. The lowest BCUT2D eigenvalue weighted by molar-refractivity contribution is -0.126. The minimum absolute atomic E-state index is 0.00485. The van der Waals surface area contributed by atoms with E-state index in [0.717, 1.165) is 18.8 Å². The monoisotopic (exact) mass is 303 g/mol. The van der Waals surface area contributed by atoms with Gasteiger partial charge in [-0.2, -0.15) is 0 Å². The molecule has 5 nitrogen and oxygen atoms in total. The van der Waals surface area contributed by atoms with E-state index in [4.69, 9.17) is 0 Å². The zero-order valence-electron chi connectivity index (χ0n) is 13.4. The minimum atomic E-state index is -0.209. The van der Waals surface area contributed by atoms with Gasteiger partial charge in [-0.05, 0) is 43.5 Å². The fraction of sp³-hybridized carbons (Fsp3) is 0.529. The molecule has 1 aromatic rings. The van der Waals surface area contributed by atoms with Gasteiger partial charge in [0.25, 0.3) is 0 Å². The van der Waals surface area contributed by atoms with Crippen LogP contribution in [0.15, 0.2) is 24.3 Å². The van der Waals surface area contributed by atoms with Gasteiger partial charge in [0, 0.05) is 30.4 Å². The maximum atomic E-state index is 11.8. The summed E-state index contributed by atoms with van der Waals surface area (Å²) in [5, 5.41) is 5.40. The number of amides is 2. The van der Waals surface area contributed by atoms with Crippen molar-refractivity contribution in [3.05, 3.63) is 24.3 Å². The van der Waals surface area contributed by atoms with E-state index in [1.807, 2.05) is 24.3 Å². The molecule has 120 valence electrons. The Labute approximate surface area is 132 Å². The summed E-state index contributed by atoms with van der Waals surface area (Å²) in [4.78, 5) is 25.6. The molecular weight excluding hydrogens is 278 g/mol. The Morgan fingerprint density at radius 2 is 1.73 bits per heavy atom. The van der Waals surface area contributed by atoms with Gasteiger partial charge in [-0.1, -0.05) is 13.8 Å². The first-order chi connectivity index (χ1) is 10.6. The first-order valence-electron chi connectivity index (χ1n) is 7.99. The zero-order chi connectivity index (χ0) is 15.9. The van der Waals surface area contributed by atoms with E-state index >= 15 is 0 Å². The van der Waals surface area contributed by atoms with Gasteiger partial charge in [0.2, 0.25) is 11.8 Å². The number of piperidine rings is 1. The first kappa shape index (κ1) is 16.3. The van der Waals surface area contributed by atoms with Crippen LogP contribution in [0.25, 0.3) is 0 Å². The normalized spacial score (nSPS) is 14.8. The van der Waals surface area contributed by atoms with Crippen LogP contribution in [0, 0.1) is 5.92 Å². The first-order valence-corrected chi connectivity index (χ1v) is 7.99. The summed E-state index contributed by atoms with van der Waals surface area (Å²) >= 11 is 0. The maximum absolute atomic E-state index is 11.8. The molecule has 0 atom stereocenters. The van der Waals surface area contributed by atoms with Gasteiger partial charge >= 0.3 is 0 Å². The van der Waals surface area contributed by atoms with Crippen molar-refractivity contribution in [3.63, 3.8) is 0 Å². The molecule has 1 heterocycles. The SMILES string of the molecule is CC(C)C(=O)NCC(=O)Nc1ccc(N2CCCCC2)cc1. The van der Waals surface area contributed by atoms with Crippen LogP contribution in [-0.2, 0) is 9.59 Å². The predicted molar refractivity (Wildman–Crippen MR) is 89.0 cm³/mol. The van der Waals surface area contributed by atoms with Crippen molar-refractivity contribution in [2.24, 2.45) is 5.92 Å². The highest BCUT2D eigenvalue weighted by molar-refractivity contribution is 5.94. The van der Waals surface area contributed by atoms with Crippen molar-refractivity contribution < 1.29 is 9.59 Å². The molecule has 0 radical (unpaired) electrons. The second kappa shape index (κ2) is 7.82. The van der Waals surface area contributed by atoms with Gasteiger partial charge < -0.3 is 15.5 Å². The van der Waals surface area contributed by atoms with Crippen LogP contribution in [0.2, 0.25) is 0 Å². The van der Waals surface area contributed by atoms with Crippen molar-refractivity contribution in [3.8, 4) is 0 Å². The summed E-state index contributed by atoms with van der Waals surface area (Å²) in [7, 11) is 0. The van der Waals surface area contributed by atoms with Crippen molar-refractivity contribution in [1.82, 2.24) is 5.32 Å². The molecule has 1 aliphatic rings. The highest BCUT2D eigenvalue weighted by Gasteiger charge is 2.11. The third kappa shape index (κ3) is 4.76. The Balaban J connectivity index is 1.82. The van der Waals surface area contributed by atoms with Gasteiger partial charge in [0.15, 0.2) is 0 Å². The molecular formula is C17H25N3O2. The average Bonchev–Trinajstić information content (AvgIpc) is 2.54. The van der Waals surface area contributed by atoms with E-state index in [2.05, 4.69) is 15.5 Å². The summed E-state index contributed by atoms with van der Waals surface area (Å²) in [6.07, 6.45) is 3.80. The molecule has 2 N–H and O–H groups in total. The van der Waals surface area contributed by atoms with Gasteiger partial charge in [-0.15, -0.1) is 0 Å². The smallest absolute Gasteiger partial charge is 0.243 e. The van der Waals surface area contributed by atoms with Crippen molar-refractivity contribution >= 4 is 23.2 Å². The highest BCUT2D eigenvalue weighted by Crippen LogP contribution is 2.21. The third-order valence-electron chi connectivity index (χ3n) is 3.82. The van der Waals surface area contributed by atoms with E-state index in [-0.39, 0.29) is 24.3 Å². The molecule has 0 aromatic heterocycles. The van der Waals surface area contributed by atoms with E-state index in [0.29, 0.717) is 0 Å². The predicted octanol–water partition coefficient (Wildman–Crippen LogP) is 2.39. The summed E-state index contributed by atoms with van der Waals surface area (Å²) in [6.45, 7) is 5.81. The number of carbonyl (C=O) groups excluding carboxylic acids is 2. The number of nitrogens with one attached hydrogen (secondary N) is 2. The van der Waals surface area contributed by atoms with Crippen LogP contribution >= 0.6 is 0 Å². The van der Waals surface area contributed by atoms with Crippen LogP contribution in [0.5, 0.6) is 0 Å².